The molecule has 0 spiro atoms. The Balaban J connectivity index is 1.54. The Morgan fingerprint density at radius 2 is 2.32 bits per heavy atom. The Morgan fingerprint density at radius 3 is 3.14 bits per heavy atom. The highest BCUT2D eigenvalue weighted by molar-refractivity contribution is 6.31. The predicted molar refractivity (Wildman–Crippen MR) is 109 cm³/mol. The molecule has 9 heteroatoms. The minimum Gasteiger partial charge on any atom is -0.368 e. The molecule has 28 heavy (non-hydrogen) atoms. The first-order valence-corrected chi connectivity index (χ1v) is 9.65. The molecule has 2 unspecified atom stereocenters. The number of nitrogens with one attached hydrogen (secondary N) is 2. The van der Waals surface area contributed by atoms with Crippen LogP contribution in [0.3, 0.4) is 0 Å². The molecular weight excluding hydrogens is 378 g/mol. The van der Waals surface area contributed by atoms with E-state index in [9.17, 15) is 4.79 Å². The van der Waals surface area contributed by atoms with Crippen molar-refractivity contribution < 1.29 is 4.79 Å². The fourth-order valence-corrected chi connectivity index (χ4v) is 3.75. The average Bonchev–Trinajstić information content (AvgIpc) is 3.10. The molecule has 1 saturated heterocycles. The summed E-state index contributed by atoms with van der Waals surface area (Å²) in [6, 6.07) is 3.62. The minimum absolute atomic E-state index is 0.192. The van der Waals surface area contributed by atoms with Crippen molar-refractivity contribution >= 4 is 34.4 Å². The molecule has 1 aliphatic heterocycles. The normalized spacial score (nSPS) is 18.9. The first kappa shape index (κ1) is 18.6. The number of rotatable bonds is 5. The monoisotopic (exact) mass is 399 g/mol. The lowest BCUT2D eigenvalue weighted by molar-refractivity contribution is -0.123. The smallest absolute Gasteiger partial charge is 0.234 e. The quantitative estimate of drug-likeness (QED) is 0.607. The number of primary amides is 1. The van der Waals surface area contributed by atoms with Crippen LogP contribution < -0.4 is 11.1 Å². The number of halogens is 1. The molecule has 3 aromatic heterocycles. The summed E-state index contributed by atoms with van der Waals surface area (Å²) in [5.41, 5.74) is 7.04. The minimum atomic E-state index is -0.295. The van der Waals surface area contributed by atoms with Gasteiger partial charge in [0.15, 0.2) is 5.82 Å². The molecule has 4 N–H and O–H groups in total. The molecule has 0 aromatic carbocycles. The van der Waals surface area contributed by atoms with Crippen LogP contribution in [0.15, 0.2) is 30.7 Å². The van der Waals surface area contributed by atoms with E-state index in [1.165, 1.54) is 0 Å². The van der Waals surface area contributed by atoms with Gasteiger partial charge in [-0.25, -0.2) is 15.0 Å². The molecule has 1 fully saturated rings. The summed E-state index contributed by atoms with van der Waals surface area (Å²) in [5.74, 6) is 1.04. The molecule has 0 bridgehead atoms. The summed E-state index contributed by atoms with van der Waals surface area (Å²) in [4.78, 5) is 30.1. The Hall–Kier alpha value is -2.71. The first-order chi connectivity index (χ1) is 13.5. The van der Waals surface area contributed by atoms with Gasteiger partial charge in [0, 0.05) is 42.1 Å². The number of H-pyrrole nitrogens is 1. The highest BCUT2D eigenvalue weighted by atomic mass is 35.5. The van der Waals surface area contributed by atoms with Crippen LogP contribution in [0.5, 0.6) is 0 Å². The maximum Gasteiger partial charge on any atom is 0.234 e. The SMILES string of the molecule is CC(C(N)=O)N1CCCC(Nc2ccnc(-c3c[nH]c4ncc(Cl)cc34)n2)C1. The number of pyridine rings is 1. The summed E-state index contributed by atoms with van der Waals surface area (Å²) in [6.07, 6.45) is 7.18. The van der Waals surface area contributed by atoms with Crippen molar-refractivity contribution in [2.24, 2.45) is 5.73 Å². The Kier molecular flexibility index (Phi) is 5.15. The van der Waals surface area contributed by atoms with E-state index < -0.39 is 0 Å². The van der Waals surface area contributed by atoms with Crippen LogP contribution in [-0.2, 0) is 4.79 Å². The average molecular weight is 400 g/mol. The fourth-order valence-electron chi connectivity index (χ4n) is 3.60. The zero-order valence-electron chi connectivity index (χ0n) is 15.5. The van der Waals surface area contributed by atoms with Crippen molar-refractivity contribution in [2.75, 3.05) is 18.4 Å². The molecule has 0 radical (unpaired) electrons. The van der Waals surface area contributed by atoms with E-state index in [1.54, 1.807) is 12.4 Å². The van der Waals surface area contributed by atoms with E-state index in [0.29, 0.717) is 10.8 Å². The summed E-state index contributed by atoms with van der Waals surface area (Å²) in [5, 5.41) is 4.91. The highest BCUT2D eigenvalue weighted by Gasteiger charge is 2.26. The van der Waals surface area contributed by atoms with Gasteiger partial charge >= 0.3 is 0 Å². The van der Waals surface area contributed by atoms with Crippen molar-refractivity contribution in [3.63, 3.8) is 0 Å². The van der Waals surface area contributed by atoms with E-state index in [0.717, 1.165) is 48.3 Å². The number of nitrogens with two attached hydrogens (primary N) is 1. The van der Waals surface area contributed by atoms with Gasteiger partial charge in [0.2, 0.25) is 5.91 Å². The molecule has 8 nitrogen and oxygen atoms in total. The second-order valence-electron chi connectivity index (χ2n) is 7.07. The number of carbonyl (C=O) groups excluding carboxylic acids is 1. The van der Waals surface area contributed by atoms with Gasteiger partial charge in [-0.15, -0.1) is 0 Å². The summed E-state index contributed by atoms with van der Waals surface area (Å²) >= 11 is 6.09. The number of hydrogen-bond acceptors (Lipinski definition) is 6. The van der Waals surface area contributed by atoms with Crippen LogP contribution in [0.4, 0.5) is 5.82 Å². The second kappa shape index (κ2) is 7.73. The number of hydrogen-bond donors (Lipinski definition) is 3. The number of piperidine rings is 1. The zero-order valence-corrected chi connectivity index (χ0v) is 16.3. The summed E-state index contributed by atoms with van der Waals surface area (Å²) in [6.45, 7) is 3.47. The third-order valence-corrected chi connectivity index (χ3v) is 5.37. The lowest BCUT2D eigenvalue weighted by Crippen LogP contribution is -2.50. The van der Waals surface area contributed by atoms with Gasteiger partial charge < -0.3 is 16.0 Å². The lowest BCUT2D eigenvalue weighted by atomic mass is 10.0. The lowest BCUT2D eigenvalue weighted by Gasteiger charge is -2.36. The Morgan fingerprint density at radius 1 is 1.46 bits per heavy atom. The van der Waals surface area contributed by atoms with Gasteiger partial charge in [0.05, 0.1) is 11.1 Å². The summed E-state index contributed by atoms with van der Waals surface area (Å²) < 4.78 is 0. The number of nitrogens with zero attached hydrogens (tertiary/aromatic N) is 4. The van der Waals surface area contributed by atoms with Gasteiger partial charge in [-0.1, -0.05) is 11.6 Å². The number of carbonyl (C=O) groups is 1. The van der Waals surface area contributed by atoms with Crippen molar-refractivity contribution in [3.8, 4) is 11.4 Å². The van der Waals surface area contributed by atoms with Crippen molar-refractivity contribution in [2.45, 2.75) is 31.8 Å². The Bertz CT molecular complexity index is 1000. The summed E-state index contributed by atoms with van der Waals surface area (Å²) in [7, 11) is 0. The van der Waals surface area contributed by atoms with Crippen LogP contribution in [0, 0.1) is 0 Å². The largest absolute Gasteiger partial charge is 0.368 e. The van der Waals surface area contributed by atoms with Crippen LogP contribution in [0.25, 0.3) is 22.4 Å². The van der Waals surface area contributed by atoms with Crippen molar-refractivity contribution in [1.82, 2.24) is 24.8 Å². The Labute approximate surface area is 167 Å². The van der Waals surface area contributed by atoms with Gasteiger partial charge in [-0.2, -0.15) is 0 Å². The predicted octanol–water partition coefficient (Wildman–Crippen LogP) is 2.42. The van der Waals surface area contributed by atoms with E-state index in [-0.39, 0.29) is 18.0 Å². The molecule has 1 amide bonds. The van der Waals surface area contributed by atoms with Crippen LogP contribution in [-0.4, -0.2) is 55.9 Å². The van der Waals surface area contributed by atoms with E-state index >= 15 is 0 Å². The van der Waals surface area contributed by atoms with Crippen LogP contribution >= 0.6 is 11.6 Å². The first-order valence-electron chi connectivity index (χ1n) is 9.27. The molecule has 2 atom stereocenters. The number of fused-ring (bicyclic) bond motifs is 1. The fraction of sp³-hybridized carbons (Fsp3) is 0.368. The van der Waals surface area contributed by atoms with Crippen molar-refractivity contribution in [3.05, 3.63) is 35.7 Å². The third kappa shape index (κ3) is 3.79. The van der Waals surface area contributed by atoms with Gasteiger partial charge in [-0.3, -0.25) is 9.69 Å². The molecule has 4 heterocycles. The molecule has 1 aliphatic rings. The topological polar surface area (TPSA) is 113 Å². The standard InChI is InChI=1S/C19H22ClN7O/c1-11(17(21)28)27-6-2-3-13(10-27)25-16-4-5-22-19(26-16)15-9-24-18-14(15)7-12(20)8-23-18/h4-5,7-9,11,13H,2-3,6,10H2,1H3,(H2,21,28)(H,23,24)(H,22,25,26). The molecule has 146 valence electrons. The van der Waals surface area contributed by atoms with Gasteiger partial charge in [-0.05, 0) is 38.4 Å². The highest BCUT2D eigenvalue weighted by Crippen LogP contribution is 2.27. The number of aromatic nitrogens is 4. The van der Waals surface area contributed by atoms with E-state index in [1.807, 2.05) is 25.3 Å². The molecule has 0 aliphatic carbocycles. The maximum atomic E-state index is 11.5. The molecule has 3 aromatic rings. The third-order valence-electron chi connectivity index (χ3n) is 5.16. The van der Waals surface area contributed by atoms with E-state index in [4.69, 9.17) is 17.3 Å². The van der Waals surface area contributed by atoms with Crippen LogP contribution in [0.2, 0.25) is 5.02 Å². The number of aromatic amines is 1. The number of likely N-dealkylation sites (tertiary alicyclic amines) is 1. The van der Waals surface area contributed by atoms with Crippen molar-refractivity contribution in [1.29, 1.82) is 0 Å². The molecular formula is C19H22ClN7O. The maximum absolute atomic E-state index is 11.5. The van der Waals surface area contributed by atoms with Gasteiger partial charge in [0.25, 0.3) is 0 Å². The molecule has 0 saturated carbocycles. The molecule has 4 rings (SSSR count). The van der Waals surface area contributed by atoms with Crippen LogP contribution in [0.1, 0.15) is 19.8 Å². The number of anilines is 1. The zero-order chi connectivity index (χ0) is 19.7. The second-order valence-corrected chi connectivity index (χ2v) is 7.51. The number of amides is 1. The van der Waals surface area contributed by atoms with E-state index in [2.05, 4.69) is 30.2 Å². The van der Waals surface area contributed by atoms with Gasteiger partial charge in [0.1, 0.15) is 11.5 Å².